The Balaban J connectivity index is 1.90. The van der Waals surface area contributed by atoms with Gasteiger partial charge in [-0.15, -0.1) is 0 Å². The fourth-order valence-corrected chi connectivity index (χ4v) is 3.17. The van der Waals surface area contributed by atoms with Crippen molar-refractivity contribution in [1.29, 1.82) is 0 Å². The van der Waals surface area contributed by atoms with Gasteiger partial charge in [0.1, 0.15) is 0 Å². The van der Waals surface area contributed by atoms with E-state index in [1.54, 1.807) is 16.9 Å². The summed E-state index contributed by atoms with van der Waals surface area (Å²) in [7, 11) is 0. The van der Waals surface area contributed by atoms with Crippen LogP contribution in [-0.4, -0.2) is 30.5 Å². The summed E-state index contributed by atoms with van der Waals surface area (Å²) in [5, 5.41) is 11.7. The fourth-order valence-electron chi connectivity index (χ4n) is 3.17. The molecule has 3 aromatic heterocycles. The molecule has 0 aliphatic carbocycles. The smallest absolute Gasteiger partial charge is 0.333 e. The molecule has 0 spiro atoms. The second-order valence-corrected chi connectivity index (χ2v) is 6.66. The number of hydrogen-bond donors (Lipinski definition) is 1. The van der Waals surface area contributed by atoms with Crippen molar-refractivity contribution in [2.24, 2.45) is 0 Å². The maximum atomic E-state index is 13.0. The molecule has 0 aliphatic heterocycles. The highest BCUT2D eigenvalue weighted by Crippen LogP contribution is 2.32. The molecule has 7 nitrogen and oxygen atoms in total. The van der Waals surface area contributed by atoms with Crippen LogP contribution in [0.3, 0.4) is 0 Å². The SMILES string of the molecule is C=CC(=O)NCc1nn(-c2ccc(C)cc2)c2nccc(-c3cnn(C(F)F)c3)c12. The summed E-state index contributed by atoms with van der Waals surface area (Å²) in [5.74, 6) is -0.344. The average Bonchev–Trinajstić information content (AvgIpc) is 3.38. The number of nitrogens with one attached hydrogen (secondary N) is 1. The second-order valence-electron chi connectivity index (χ2n) is 6.66. The van der Waals surface area contributed by atoms with Gasteiger partial charge in [-0.2, -0.15) is 19.0 Å². The third-order valence-corrected chi connectivity index (χ3v) is 4.65. The first-order valence-electron chi connectivity index (χ1n) is 9.14. The first kappa shape index (κ1) is 19.4. The first-order chi connectivity index (χ1) is 14.5. The number of alkyl halides is 2. The Hall–Kier alpha value is -3.88. The quantitative estimate of drug-likeness (QED) is 0.493. The molecule has 0 aliphatic rings. The second kappa shape index (κ2) is 7.86. The molecule has 1 aromatic carbocycles. The van der Waals surface area contributed by atoms with E-state index in [0.29, 0.717) is 32.5 Å². The number of benzene rings is 1. The van der Waals surface area contributed by atoms with Crippen molar-refractivity contribution < 1.29 is 13.6 Å². The number of nitrogens with zero attached hydrogens (tertiary/aromatic N) is 5. The first-order valence-corrected chi connectivity index (χ1v) is 9.14. The van der Waals surface area contributed by atoms with Crippen LogP contribution in [0.2, 0.25) is 0 Å². The lowest BCUT2D eigenvalue weighted by molar-refractivity contribution is -0.116. The van der Waals surface area contributed by atoms with Crippen molar-refractivity contribution in [2.45, 2.75) is 20.0 Å². The number of fused-ring (bicyclic) bond motifs is 1. The molecule has 4 aromatic rings. The van der Waals surface area contributed by atoms with Crippen LogP contribution in [0.1, 0.15) is 17.8 Å². The highest BCUT2D eigenvalue weighted by Gasteiger charge is 2.19. The zero-order valence-electron chi connectivity index (χ0n) is 16.1. The number of pyridine rings is 1. The molecule has 0 bridgehead atoms. The van der Waals surface area contributed by atoms with Crippen LogP contribution in [-0.2, 0) is 11.3 Å². The lowest BCUT2D eigenvalue weighted by atomic mass is 10.1. The van der Waals surface area contributed by atoms with Crippen LogP contribution >= 0.6 is 0 Å². The Labute approximate surface area is 170 Å². The molecular weight excluding hydrogens is 390 g/mol. The maximum Gasteiger partial charge on any atom is 0.333 e. The van der Waals surface area contributed by atoms with E-state index >= 15 is 0 Å². The van der Waals surface area contributed by atoms with Crippen LogP contribution < -0.4 is 5.32 Å². The zero-order valence-corrected chi connectivity index (χ0v) is 16.1. The Kier molecular flexibility index (Phi) is 5.09. The molecule has 0 fully saturated rings. The Morgan fingerprint density at radius 1 is 1.27 bits per heavy atom. The molecule has 9 heteroatoms. The Morgan fingerprint density at radius 2 is 2.03 bits per heavy atom. The van der Waals surface area contributed by atoms with E-state index in [9.17, 15) is 13.6 Å². The third kappa shape index (κ3) is 3.57. The molecular formula is C21H18F2N6O. The summed E-state index contributed by atoms with van der Waals surface area (Å²) >= 11 is 0. The van der Waals surface area contributed by atoms with Gasteiger partial charge >= 0.3 is 6.55 Å². The summed E-state index contributed by atoms with van der Waals surface area (Å²) in [6.07, 6.45) is 5.41. The van der Waals surface area contributed by atoms with Gasteiger partial charge in [0, 0.05) is 18.0 Å². The lowest BCUT2D eigenvalue weighted by Gasteiger charge is -2.04. The minimum atomic E-state index is -2.74. The van der Waals surface area contributed by atoms with E-state index < -0.39 is 6.55 Å². The summed E-state index contributed by atoms with van der Waals surface area (Å²) < 4.78 is 28.3. The van der Waals surface area contributed by atoms with Gasteiger partial charge in [0.25, 0.3) is 0 Å². The van der Waals surface area contributed by atoms with Crippen LogP contribution in [0.15, 0.2) is 61.6 Å². The molecule has 0 unspecified atom stereocenters. The van der Waals surface area contributed by atoms with Crippen molar-refractivity contribution in [1.82, 2.24) is 29.9 Å². The summed E-state index contributed by atoms with van der Waals surface area (Å²) in [6.45, 7) is 2.82. The summed E-state index contributed by atoms with van der Waals surface area (Å²) in [4.78, 5) is 16.2. The third-order valence-electron chi connectivity index (χ3n) is 4.65. The van der Waals surface area contributed by atoms with Crippen molar-refractivity contribution in [2.75, 3.05) is 0 Å². The van der Waals surface area contributed by atoms with Gasteiger partial charge < -0.3 is 5.32 Å². The molecule has 30 heavy (non-hydrogen) atoms. The van der Waals surface area contributed by atoms with Crippen molar-refractivity contribution >= 4 is 16.9 Å². The number of halogens is 2. The number of amides is 1. The van der Waals surface area contributed by atoms with Gasteiger partial charge in [-0.05, 0) is 36.8 Å². The largest absolute Gasteiger partial charge is 0.347 e. The number of hydrogen-bond acceptors (Lipinski definition) is 4. The zero-order chi connectivity index (χ0) is 21.3. The van der Waals surface area contributed by atoms with E-state index in [-0.39, 0.29) is 12.5 Å². The van der Waals surface area contributed by atoms with Gasteiger partial charge in [0.05, 0.1) is 29.5 Å². The molecule has 0 atom stereocenters. The topological polar surface area (TPSA) is 77.6 Å². The number of carbonyl (C=O) groups is 1. The Bertz CT molecular complexity index is 1230. The van der Waals surface area contributed by atoms with Crippen molar-refractivity contribution in [3.63, 3.8) is 0 Å². The van der Waals surface area contributed by atoms with Crippen LogP contribution in [0.4, 0.5) is 8.78 Å². The van der Waals surface area contributed by atoms with Gasteiger partial charge in [0.2, 0.25) is 5.91 Å². The van der Waals surface area contributed by atoms with Crippen molar-refractivity contribution in [3.05, 3.63) is 72.8 Å². The van der Waals surface area contributed by atoms with E-state index in [0.717, 1.165) is 11.3 Å². The van der Waals surface area contributed by atoms with E-state index in [4.69, 9.17) is 0 Å². The Morgan fingerprint density at radius 3 is 2.70 bits per heavy atom. The molecule has 0 saturated heterocycles. The monoisotopic (exact) mass is 408 g/mol. The number of carbonyl (C=O) groups excluding carboxylic acids is 1. The standard InChI is InChI=1S/C21H18F2N6O/c1-3-18(30)25-11-17-19-16(14-10-26-28(12-14)21(22)23)8-9-24-20(19)29(27-17)15-6-4-13(2)5-7-15/h3-10,12,21H,1,11H2,2H3,(H,25,30). The predicted molar refractivity (Wildman–Crippen MR) is 108 cm³/mol. The van der Waals surface area contributed by atoms with Crippen LogP contribution in [0.5, 0.6) is 0 Å². The molecule has 4 rings (SSSR count). The average molecular weight is 408 g/mol. The predicted octanol–water partition coefficient (Wildman–Crippen LogP) is 3.79. The molecule has 0 saturated carbocycles. The maximum absolute atomic E-state index is 13.0. The van der Waals surface area contributed by atoms with E-state index in [1.807, 2.05) is 31.2 Å². The minimum Gasteiger partial charge on any atom is -0.347 e. The molecule has 3 heterocycles. The highest BCUT2D eigenvalue weighted by atomic mass is 19.3. The molecule has 0 radical (unpaired) electrons. The van der Waals surface area contributed by atoms with Crippen LogP contribution in [0, 0.1) is 6.92 Å². The minimum absolute atomic E-state index is 0.127. The van der Waals surface area contributed by atoms with E-state index in [1.165, 1.54) is 18.5 Å². The number of rotatable bonds is 6. The van der Waals surface area contributed by atoms with Gasteiger partial charge in [-0.25, -0.2) is 14.3 Å². The van der Waals surface area contributed by atoms with E-state index in [2.05, 4.69) is 27.1 Å². The molecule has 152 valence electrons. The summed E-state index contributed by atoms with van der Waals surface area (Å²) in [6, 6.07) is 9.46. The summed E-state index contributed by atoms with van der Waals surface area (Å²) in [5.41, 5.74) is 4.13. The van der Waals surface area contributed by atoms with Gasteiger partial charge in [-0.1, -0.05) is 24.3 Å². The molecule has 1 N–H and O–H groups in total. The normalized spacial score (nSPS) is 11.2. The number of aromatic nitrogens is 5. The van der Waals surface area contributed by atoms with Crippen LogP contribution in [0.25, 0.3) is 27.8 Å². The van der Waals surface area contributed by atoms with Gasteiger partial charge in [0.15, 0.2) is 5.65 Å². The fraction of sp³-hybridized carbons (Fsp3) is 0.143. The van der Waals surface area contributed by atoms with Crippen molar-refractivity contribution in [3.8, 4) is 16.8 Å². The number of aryl methyl sites for hydroxylation is 1. The highest BCUT2D eigenvalue weighted by molar-refractivity contribution is 5.95. The lowest BCUT2D eigenvalue weighted by Crippen LogP contribution is -2.20. The van der Waals surface area contributed by atoms with Gasteiger partial charge in [-0.3, -0.25) is 4.79 Å². The molecule has 1 amide bonds.